The van der Waals surface area contributed by atoms with Crippen LogP contribution in [0.5, 0.6) is 11.5 Å². The van der Waals surface area contributed by atoms with Crippen molar-refractivity contribution in [2.75, 3.05) is 6.61 Å². The van der Waals surface area contributed by atoms with Gasteiger partial charge in [0.05, 0.1) is 13.0 Å². The van der Waals surface area contributed by atoms with E-state index in [0.29, 0.717) is 22.4 Å². The molecular weight excluding hydrogens is 264 g/mol. The van der Waals surface area contributed by atoms with E-state index in [0.717, 1.165) is 12.0 Å². The molecule has 80 valence electrons. The number of phenols is 1. The predicted octanol–water partition coefficient (Wildman–Crippen LogP) is 1.72. The van der Waals surface area contributed by atoms with Crippen molar-refractivity contribution in [3.8, 4) is 11.5 Å². The molecule has 0 atom stereocenters. The zero-order valence-corrected chi connectivity index (χ0v) is 9.37. The molecule has 0 unspecified atom stereocenters. The summed E-state index contributed by atoms with van der Waals surface area (Å²) in [6.45, 7) is 0.573. The van der Waals surface area contributed by atoms with Crippen LogP contribution < -0.4 is 4.74 Å². The molecule has 1 aromatic rings. The molecule has 0 saturated carbocycles. The fraction of sp³-hybridized carbons (Fsp3) is 0.300. The van der Waals surface area contributed by atoms with Crippen LogP contribution in [-0.4, -0.2) is 22.8 Å². The summed E-state index contributed by atoms with van der Waals surface area (Å²) in [4.78, 5) is 10.6. The average molecular weight is 273 g/mol. The van der Waals surface area contributed by atoms with Gasteiger partial charge in [0, 0.05) is 12.0 Å². The van der Waals surface area contributed by atoms with Crippen LogP contribution in [0.2, 0.25) is 0 Å². The first-order valence-electron chi connectivity index (χ1n) is 4.47. The molecule has 2 rings (SSSR count). The Labute approximate surface area is 94.6 Å². The van der Waals surface area contributed by atoms with E-state index in [1.54, 1.807) is 6.07 Å². The molecule has 0 aliphatic carbocycles. The minimum Gasteiger partial charge on any atom is -0.506 e. The number of hydrogen-bond donors (Lipinski definition) is 2. The monoisotopic (exact) mass is 272 g/mol. The molecule has 1 aliphatic heterocycles. The normalized spacial score (nSPS) is 13.4. The molecule has 1 heterocycles. The molecule has 4 nitrogen and oxygen atoms in total. The zero-order chi connectivity index (χ0) is 11.0. The van der Waals surface area contributed by atoms with E-state index in [-0.39, 0.29) is 12.2 Å². The lowest BCUT2D eigenvalue weighted by atomic mass is 10.1. The lowest BCUT2D eigenvalue weighted by Crippen LogP contribution is -2.01. The minimum atomic E-state index is -0.962. The molecule has 0 saturated heterocycles. The standard InChI is InChI=1S/C10H9BrO4/c11-8-9(14)6(4-7(12)13)3-5-1-2-15-10(5)8/h3,14H,1-2,4H2,(H,12,13). The average Bonchev–Trinajstić information content (AvgIpc) is 2.61. The van der Waals surface area contributed by atoms with Gasteiger partial charge in [-0.15, -0.1) is 0 Å². The maximum atomic E-state index is 10.6. The van der Waals surface area contributed by atoms with Crippen molar-refractivity contribution in [2.45, 2.75) is 12.8 Å². The smallest absolute Gasteiger partial charge is 0.307 e. The highest BCUT2D eigenvalue weighted by molar-refractivity contribution is 9.10. The molecule has 2 N–H and O–H groups in total. The summed E-state index contributed by atoms with van der Waals surface area (Å²) < 4.78 is 5.77. The Balaban J connectivity index is 2.49. The van der Waals surface area contributed by atoms with Crippen molar-refractivity contribution in [1.82, 2.24) is 0 Å². The highest BCUT2D eigenvalue weighted by Gasteiger charge is 2.22. The topological polar surface area (TPSA) is 66.8 Å². The largest absolute Gasteiger partial charge is 0.506 e. The number of carboxylic acids is 1. The summed E-state index contributed by atoms with van der Waals surface area (Å²) in [5, 5.41) is 18.4. The molecule has 1 aromatic carbocycles. The second-order valence-electron chi connectivity index (χ2n) is 3.36. The molecular formula is C10H9BrO4. The van der Waals surface area contributed by atoms with Gasteiger partial charge >= 0.3 is 5.97 Å². The van der Waals surface area contributed by atoms with Crippen LogP contribution in [0.15, 0.2) is 10.5 Å². The van der Waals surface area contributed by atoms with Gasteiger partial charge in [-0.25, -0.2) is 0 Å². The molecule has 0 amide bonds. The van der Waals surface area contributed by atoms with Crippen molar-refractivity contribution in [3.05, 3.63) is 21.7 Å². The summed E-state index contributed by atoms with van der Waals surface area (Å²) in [6.07, 6.45) is 0.568. The summed E-state index contributed by atoms with van der Waals surface area (Å²) in [5.41, 5.74) is 1.36. The van der Waals surface area contributed by atoms with E-state index < -0.39 is 5.97 Å². The molecule has 15 heavy (non-hydrogen) atoms. The Morgan fingerprint density at radius 3 is 3.00 bits per heavy atom. The van der Waals surface area contributed by atoms with Crippen LogP contribution in [-0.2, 0) is 17.6 Å². The van der Waals surface area contributed by atoms with E-state index in [1.165, 1.54) is 0 Å². The first-order chi connectivity index (χ1) is 7.09. The molecule has 0 spiro atoms. The highest BCUT2D eigenvalue weighted by atomic mass is 79.9. The van der Waals surface area contributed by atoms with E-state index in [4.69, 9.17) is 9.84 Å². The number of aliphatic carboxylic acids is 1. The fourth-order valence-corrected chi connectivity index (χ4v) is 2.26. The van der Waals surface area contributed by atoms with Crippen LogP contribution in [0.3, 0.4) is 0 Å². The number of hydrogen-bond acceptors (Lipinski definition) is 3. The van der Waals surface area contributed by atoms with Crippen molar-refractivity contribution in [2.24, 2.45) is 0 Å². The second kappa shape index (κ2) is 3.73. The summed E-state index contributed by atoms with van der Waals surface area (Å²) in [5.74, 6) is -0.379. The number of carbonyl (C=O) groups is 1. The summed E-state index contributed by atoms with van der Waals surface area (Å²) in [7, 11) is 0. The maximum absolute atomic E-state index is 10.6. The number of rotatable bonds is 2. The van der Waals surface area contributed by atoms with Crippen LogP contribution in [0, 0.1) is 0 Å². The van der Waals surface area contributed by atoms with Gasteiger partial charge in [-0.3, -0.25) is 4.79 Å². The Bertz CT molecular complexity index is 428. The summed E-state index contributed by atoms with van der Waals surface area (Å²) in [6, 6.07) is 1.69. The summed E-state index contributed by atoms with van der Waals surface area (Å²) >= 11 is 3.20. The molecule has 0 radical (unpaired) electrons. The van der Waals surface area contributed by atoms with Crippen LogP contribution >= 0.6 is 15.9 Å². The van der Waals surface area contributed by atoms with E-state index in [9.17, 15) is 9.90 Å². The zero-order valence-electron chi connectivity index (χ0n) is 7.79. The lowest BCUT2D eigenvalue weighted by molar-refractivity contribution is -0.136. The highest BCUT2D eigenvalue weighted by Crippen LogP contribution is 2.42. The van der Waals surface area contributed by atoms with Crippen molar-refractivity contribution >= 4 is 21.9 Å². The van der Waals surface area contributed by atoms with Gasteiger partial charge in [0.2, 0.25) is 0 Å². The molecule has 0 aromatic heterocycles. The van der Waals surface area contributed by atoms with Gasteiger partial charge in [0.25, 0.3) is 0 Å². The lowest BCUT2D eigenvalue weighted by Gasteiger charge is -2.08. The second-order valence-corrected chi connectivity index (χ2v) is 4.15. The van der Waals surface area contributed by atoms with Crippen molar-refractivity contribution in [3.63, 3.8) is 0 Å². The van der Waals surface area contributed by atoms with Crippen LogP contribution in [0.25, 0.3) is 0 Å². The molecule has 0 bridgehead atoms. The number of halogens is 1. The van der Waals surface area contributed by atoms with E-state index in [1.807, 2.05) is 0 Å². The molecule has 0 fully saturated rings. The first-order valence-corrected chi connectivity index (χ1v) is 5.26. The Morgan fingerprint density at radius 2 is 2.33 bits per heavy atom. The van der Waals surface area contributed by atoms with Gasteiger partial charge in [-0.05, 0) is 27.6 Å². The number of aromatic hydroxyl groups is 1. The third kappa shape index (κ3) is 1.79. The quantitative estimate of drug-likeness (QED) is 0.860. The molecule has 5 heteroatoms. The Hall–Kier alpha value is -1.23. The Morgan fingerprint density at radius 1 is 1.60 bits per heavy atom. The number of benzene rings is 1. The first kappa shape index (κ1) is 10.3. The third-order valence-electron chi connectivity index (χ3n) is 2.31. The van der Waals surface area contributed by atoms with Crippen LogP contribution in [0.4, 0.5) is 0 Å². The Kier molecular flexibility index (Phi) is 2.56. The third-order valence-corrected chi connectivity index (χ3v) is 3.05. The van der Waals surface area contributed by atoms with Gasteiger partial charge in [0.15, 0.2) is 0 Å². The van der Waals surface area contributed by atoms with E-state index in [2.05, 4.69) is 15.9 Å². The van der Waals surface area contributed by atoms with Gasteiger partial charge < -0.3 is 14.9 Å². The van der Waals surface area contributed by atoms with Crippen LogP contribution in [0.1, 0.15) is 11.1 Å². The van der Waals surface area contributed by atoms with E-state index >= 15 is 0 Å². The predicted molar refractivity (Wildman–Crippen MR) is 56.3 cm³/mol. The number of carboxylic acid groups (broad SMARTS) is 1. The maximum Gasteiger partial charge on any atom is 0.307 e. The van der Waals surface area contributed by atoms with Crippen molar-refractivity contribution in [1.29, 1.82) is 0 Å². The fourth-order valence-electron chi connectivity index (χ4n) is 1.64. The SMILES string of the molecule is O=C(O)Cc1cc2c(c(Br)c1O)OCC2. The number of phenolic OH excluding ortho intramolecular Hbond substituents is 1. The number of fused-ring (bicyclic) bond motifs is 1. The minimum absolute atomic E-state index is 0.0435. The number of ether oxygens (including phenoxy) is 1. The van der Waals surface area contributed by atoms with Gasteiger partial charge in [0.1, 0.15) is 16.0 Å². The van der Waals surface area contributed by atoms with Gasteiger partial charge in [-0.1, -0.05) is 0 Å². The molecule has 1 aliphatic rings. The van der Waals surface area contributed by atoms with Crippen molar-refractivity contribution < 1.29 is 19.7 Å². The van der Waals surface area contributed by atoms with Gasteiger partial charge in [-0.2, -0.15) is 0 Å².